The Balaban J connectivity index is 2.02. The molecule has 1 aromatic heterocycles. The summed E-state index contributed by atoms with van der Waals surface area (Å²) in [6.45, 7) is 7.68. The van der Waals surface area contributed by atoms with E-state index in [1.165, 1.54) is 19.3 Å². The first-order valence-electron chi connectivity index (χ1n) is 6.81. The average Bonchev–Trinajstić information content (AvgIpc) is 2.52. The minimum Gasteiger partial charge on any atom is -0.341 e. The molecule has 0 aliphatic carbocycles. The third kappa shape index (κ3) is 3.42. The zero-order valence-corrected chi connectivity index (χ0v) is 11.7. The molecule has 0 amide bonds. The van der Waals surface area contributed by atoms with Crippen LogP contribution in [0.3, 0.4) is 0 Å². The summed E-state index contributed by atoms with van der Waals surface area (Å²) in [7, 11) is 1.94. The summed E-state index contributed by atoms with van der Waals surface area (Å²) < 4.78 is 0. The van der Waals surface area contributed by atoms with E-state index in [0.717, 1.165) is 31.1 Å². The van der Waals surface area contributed by atoms with Gasteiger partial charge in [0.2, 0.25) is 5.95 Å². The molecule has 0 spiro atoms. The molecule has 100 valence electrons. The highest BCUT2D eigenvalue weighted by Gasteiger charge is 2.23. The van der Waals surface area contributed by atoms with Gasteiger partial charge in [-0.15, -0.1) is 0 Å². The van der Waals surface area contributed by atoms with Gasteiger partial charge < -0.3 is 10.2 Å². The van der Waals surface area contributed by atoms with E-state index in [1.807, 2.05) is 19.4 Å². The molecule has 0 atom stereocenters. The normalized spacial score (nSPS) is 19.6. The summed E-state index contributed by atoms with van der Waals surface area (Å²) in [6, 6.07) is 0. The second-order valence-corrected chi connectivity index (χ2v) is 5.93. The van der Waals surface area contributed by atoms with Gasteiger partial charge in [0, 0.05) is 37.6 Å². The van der Waals surface area contributed by atoms with Crippen molar-refractivity contribution in [2.24, 2.45) is 5.41 Å². The summed E-state index contributed by atoms with van der Waals surface area (Å²) in [5.41, 5.74) is 1.59. The van der Waals surface area contributed by atoms with E-state index in [9.17, 15) is 0 Å². The van der Waals surface area contributed by atoms with Crippen molar-refractivity contribution < 1.29 is 0 Å². The number of nitrogens with zero attached hydrogens (tertiary/aromatic N) is 3. The van der Waals surface area contributed by atoms with Gasteiger partial charge in [-0.1, -0.05) is 13.8 Å². The van der Waals surface area contributed by atoms with Crippen LogP contribution in [0, 0.1) is 5.41 Å². The number of anilines is 1. The topological polar surface area (TPSA) is 41.1 Å². The summed E-state index contributed by atoms with van der Waals surface area (Å²) in [6.07, 6.45) is 7.59. The molecule has 2 heterocycles. The molecule has 0 unspecified atom stereocenters. The first kappa shape index (κ1) is 13.3. The highest BCUT2D eigenvalue weighted by molar-refractivity contribution is 5.30. The number of aromatic nitrogens is 2. The summed E-state index contributed by atoms with van der Waals surface area (Å²) in [5.74, 6) is 0.882. The van der Waals surface area contributed by atoms with Crippen molar-refractivity contribution >= 4 is 5.95 Å². The number of rotatable bonds is 3. The van der Waals surface area contributed by atoms with Crippen LogP contribution in [0.1, 0.15) is 38.7 Å². The van der Waals surface area contributed by atoms with Gasteiger partial charge in [-0.05, 0) is 31.7 Å². The molecule has 1 fully saturated rings. The standard InChI is InChI=1S/C14H24N4/c1-14(2)5-4-7-18(8-6-14)13-16-10-12(9-15-3)11-17-13/h10-11,15H,4-9H2,1-3H3. The predicted octanol–water partition coefficient (Wildman–Crippen LogP) is 2.21. The molecule has 4 heteroatoms. The minimum absolute atomic E-state index is 0.459. The second-order valence-electron chi connectivity index (χ2n) is 5.93. The van der Waals surface area contributed by atoms with Crippen LogP contribution in [0.2, 0.25) is 0 Å². The zero-order valence-electron chi connectivity index (χ0n) is 11.7. The van der Waals surface area contributed by atoms with E-state index < -0.39 is 0 Å². The molecule has 18 heavy (non-hydrogen) atoms. The van der Waals surface area contributed by atoms with E-state index in [2.05, 4.69) is 34.0 Å². The first-order valence-corrected chi connectivity index (χ1v) is 6.81. The predicted molar refractivity (Wildman–Crippen MR) is 74.6 cm³/mol. The van der Waals surface area contributed by atoms with Crippen LogP contribution >= 0.6 is 0 Å². The fourth-order valence-electron chi connectivity index (χ4n) is 2.43. The zero-order chi connectivity index (χ0) is 13.0. The Morgan fingerprint density at radius 3 is 2.61 bits per heavy atom. The van der Waals surface area contributed by atoms with Gasteiger partial charge >= 0.3 is 0 Å². The van der Waals surface area contributed by atoms with Gasteiger partial charge in [-0.3, -0.25) is 0 Å². The molecule has 0 aromatic carbocycles. The maximum absolute atomic E-state index is 4.49. The van der Waals surface area contributed by atoms with E-state index in [-0.39, 0.29) is 0 Å². The third-order valence-electron chi connectivity index (χ3n) is 3.70. The lowest BCUT2D eigenvalue weighted by Gasteiger charge is -2.23. The largest absolute Gasteiger partial charge is 0.341 e. The lowest BCUT2D eigenvalue weighted by molar-refractivity contribution is 0.325. The smallest absolute Gasteiger partial charge is 0.225 e. The van der Waals surface area contributed by atoms with E-state index in [0.29, 0.717) is 5.41 Å². The maximum Gasteiger partial charge on any atom is 0.225 e. The average molecular weight is 248 g/mol. The molecule has 1 aliphatic rings. The van der Waals surface area contributed by atoms with Gasteiger partial charge in [-0.2, -0.15) is 0 Å². The van der Waals surface area contributed by atoms with Gasteiger partial charge in [0.05, 0.1) is 0 Å². The van der Waals surface area contributed by atoms with Crippen LogP contribution < -0.4 is 10.2 Å². The Morgan fingerprint density at radius 1 is 1.22 bits per heavy atom. The van der Waals surface area contributed by atoms with Crippen LogP contribution in [-0.4, -0.2) is 30.1 Å². The van der Waals surface area contributed by atoms with Crippen LogP contribution in [0.4, 0.5) is 5.95 Å². The van der Waals surface area contributed by atoms with Crippen LogP contribution in [0.5, 0.6) is 0 Å². The molecule has 1 N–H and O–H groups in total. The summed E-state index contributed by atoms with van der Waals surface area (Å²) in [4.78, 5) is 11.3. The van der Waals surface area contributed by atoms with Crippen molar-refractivity contribution in [2.45, 2.75) is 39.7 Å². The highest BCUT2D eigenvalue weighted by atomic mass is 15.2. The molecule has 0 radical (unpaired) electrons. The van der Waals surface area contributed by atoms with E-state index >= 15 is 0 Å². The van der Waals surface area contributed by atoms with Crippen LogP contribution in [0.15, 0.2) is 12.4 Å². The SMILES string of the molecule is CNCc1cnc(N2CCCC(C)(C)CC2)nc1. The fourth-order valence-corrected chi connectivity index (χ4v) is 2.43. The first-order chi connectivity index (χ1) is 8.61. The van der Waals surface area contributed by atoms with Gasteiger partial charge in [0.15, 0.2) is 0 Å². The molecule has 4 nitrogen and oxygen atoms in total. The van der Waals surface area contributed by atoms with Gasteiger partial charge in [0.25, 0.3) is 0 Å². The quantitative estimate of drug-likeness (QED) is 0.890. The Kier molecular flexibility index (Phi) is 4.17. The van der Waals surface area contributed by atoms with E-state index in [1.54, 1.807) is 0 Å². The third-order valence-corrected chi connectivity index (χ3v) is 3.70. The van der Waals surface area contributed by atoms with E-state index in [4.69, 9.17) is 0 Å². The summed E-state index contributed by atoms with van der Waals surface area (Å²) >= 11 is 0. The van der Waals surface area contributed by atoms with Crippen molar-refractivity contribution in [3.8, 4) is 0 Å². The van der Waals surface area contributed by atoms with Crippen molar-refractivity contribution in [2.75, 3.05) is 25.0 Å². The molecule has 1 saturated heterocycles. The Labute approximate surface area is 110 Å². The Morgan fingerprint density at radius 2 is 1.94 bits per heavy atom. The van der Waals surface area contributed by atoms with Crippen molar-refractivity contribution in [3.05, 3.63) is 18.0 Å². The number of nitrogens with one attached hydrogen (secondary N) is 1. The van der Waals surface area contributed by atoms with Crippen LogP contribution in [0.25, 0.3) is 0 Å². The number of hydrogen-bond donors (Lipinski definition) is 1. The second kappa shape index (κ2) is 5.65. The monoisotopic (exact) mass is 248 g/mol. The van der Waals surface area contributed by atoms with Gasteiger partial charge in [0.1, 0.15) is 0 Å². The molecular formula is C14H24N4. The molecular weight excluding hydrogens is 224 g/mol. The van der Waals surface area contributed by atoms with Crippen molar-refractivity contribution in [3.63, 3.8) is 0 Å². The van der Waals surface area contributed by atoms with Gasteiger partial charge in [-0.25, -0.2) is 9.97 Å². The van der Waals surface area contributed by atoms with Crippen molar-refractivity contribution in [1.29, 1.82) is 0 Å². The lowest BCUT2D eigenvalue weighted by Crippen LogP contribution is -2.27. The lowest BCUT2D eigenvalue weighted by atomic mass is 9.85. The fraction of sp³-hybridized carbons (Fsp3) is 0.714. The molecule has 2 rings (SSSR count). The van der Waals surface area contributed by atoms with Crippen LogP contribution in [-0.2, 0) is 6.54 Å². The molecule has 0 saturated carbocycles. The molecule has 0 bridgehead atoms. The highest BCUT2D eigenvalue weighted by Crippen LogP contribution is 2.30. The molecule has 1 aliphatic heterocycles. The Hall–Kier alpha value is -1.16. The summed E-state index contributed by atoms with van der Waals surface area (Å²) in [5, 5.41) is 3.11. The minimum atomic E-state index is 0.459. The van der Waals surface area contributed by atoms with Crippen molar-refractivity contribution in [1.82, 2.24) is 15.3 Å². The number of hydrogen-bond acceptors (Lipinski definition) is 4. The molecule has 1 aromatic rings. The Bertz CT molecular complexity index is 372. The maximum atomic E-state index is 4.49.